The molecule has 3 rings (SSSR count). The molecule has 4 heteroatoms. The van der Waals surface area contributed by atoms with Crippen molar-refractivity contribution in [1.82, 2.24) is 4.98 Å². The van der Waals surface area contributed by atoms with Crippen LogP contribution in [0.25, 0.3) is 22.2 Å². The Kier molecular flexibility index (Phi) is 4.95. The van der Waals surface area contributed by atoms with Crippen LogP contribution in [-0.2, 0) is 6.42 Å². The van der Waals surface area contributed by atoms with Crippen molar-refractivity contribution in [3.8, 4) is 11.3 Å². The van der Waals surface area contributed by atoms with E-state index < -0.39 is 5.97 Å². The fraction of sp³-hybridized carbons (Fsp3) is 0.200. The molecule has 0 bridgehead atoms. The zero-order valence-electron chi connectivity index (χ0n) is 13.4. The molecule has 0 saturated carbocycles. The molecule has 0 spiro atoms. The second-order valence-corrected chi connectivity index (χ2v) is 6.74. The van der Waals surface area contributed by atoms with E-state index in [0.717, 1.165) is 16.5 Å². The molecule has 1 aromatic heterocycles. The van der Waals surface area contributed by atoms with Gasteiger partial charge < -0.3 is 5.11 Å². The number of pyridine rings is 1. The molecule has 2 aromatic carbocycles. The Hall–Kier alpha value is -2.20. The minimum Gasteiger partial charge on any atom is -0.478 e. The number of aromatic nitrogens is 1. The van der Waals surface area contributed by atoms with E-state index in [-0.39, 0.29) is 5.56 Å². The number of fused-ring (bicyclic) bond motifs is 1. The van der Waals surface area contributed by atoms with Gasteiger partial charge in [-0.1, -0.05) is 53.5 Å². The van der Waals surface area contributed by atoms with Crippen LogP contribution >= 0.6 is 15.9 Å². The highest BCUT2D eigenvalue weighted by Crippen LogP contribution is 2.27. The lowest BCUT2D eigenvalue weighted by Crippen LogP contribution is -2.00. The van der Waals surface area contributed by atoms with Crippen LogP contribution in [0.4, 0.5) is 0 Å². The molecule has 0 aliphatic rings. The third-order valence-electron chi connectivity index (χ3n) is 4.07. The Labute approximate surface area is 149 Å². The Bertz CT molecular complexity index is 888. The molecule has 0 fully saturated rings. The van der Waals surface area contributed by atoms with Crippen molar-refractivity contribution < 1.29 is 9.90 Å². The second kappa shape index (κ2) is 7.14. The van der Waals surface area contributed by atoms with Gasteiger partial charge in [-0.05, 0) is 42.7 Å². The summed E-state index contributed by atoms with van der Waals surface area (Å²) in [4.78, 5) is 16.3. The molecule has 0 saturated heterocycles. The van der Waals surface area contributed by atoms with Crippen LogP contribution in [0.2, 0.25) is 0 Å². The Balaban J connectivity index is 2.06. The summed E-state index contributed by atoms with van der Waals surface area (Å²) in [5.41, 5.74) is 3.87. The Morgan fingerprint density at radius 1 is 1.12 bits per heavy atom. The molecule has 122 valence electrons. The molecule has 24 heavy (non-hydrogen) atoms. The third kappa shape index (κ3) is 3.49. The second-order valence-electron chi connectivity index (χ2n) is 5.82. The maximum Gasteiger partial charge on any atom is 0.336 e. The number of hydrogen-bond acceptors (Lipinski definition) is 2. The summed E-state index contributed by atoms with van der Waals surface area (Å²) < 4.78 is 0.840. The van der Waals surface area contributed by atoms with Crippen molar-refractivity contribution in [3.05, 3.63) is 64.1 Å². The highest BCUT2D eigenvalue weighted by molar-refractivity contribution is 9.10. The number of hydrogen-bond donors (Lipinski definition) is 1. The van der Waals surface area contributed by atoms with Crippen LogP contribution in [0.5, 0.6) is 0 Å². The first kappa shape index (κ1) is 16.7. The smallest absolute Gasteiger partial charge is 0.336 e. The SMILES string of the molecule is CCCCc1ccc(-c2cc(C(=O)O)c3cc(Br)ccc3n2)cc1. The standard InChI is InChI=1S/C20H18BrNO2/c1-2-3-4-13-5-7-14(8-6-13)19-12-17(20(23)24)16-11-15(21)9-10-18(16)22-19/h5-12H,2-4H2,1H3,(H,23,24). The van der Waals surface area contributed by atoms with E-state index in [1.165, 1.54) is 18.4 Å². The first-order valence-corrected chi connectivity index (χ1v) is 8.80. The number of benzene rings is 2. The summed E-state index contributed by atoms with van der Waals surface area (Å²) in [5.74, 6) is -0.943. The van der Waals surface area contributed by atoms with Crippen LogP contribution in [0, 0.1) is 0 Å². The molecule has 1 N–H and O–H groups in total. The van der Waals surface area contributed by atoms with E-state index in [2.05, 4.69) is 40.0 Å². The molecule has 0 unspecified atom stereocenters. The third-order valence-corrected chi connectivity index (χ3v) is 4.56. The fourth-order valence-electron chi connectivity index (χ4n) is 2.75. The van der Waals surface area contributed by atoms with Crippen LogP contribution in [0.3, 0.4) is 0 Å². The van der Waals surface area contributed by atoms with Gasteiger partial charge in [-0.25, -0.2) is 9.78 Å². The van der Waals surface area contributed by atoms with Crippen molar-refractivity contribution in [2.24, 2.45) is 0 Å². The average Bonchev–Trinajstić information content (AvgIpc) is 2.59. The van der Waals surface area contributed by atoms with Gasteiger partial charge in [0, 0.05) is 15.4 Å². The van der Waals surface area contributed by atoms with Gasteiger partial charge >= 0.3 is 5.97 Å². The van der Waals surface area contributed by atoms with Crippen LogP contribution in [0.1, 0.15) is 35.7 Å². The van der Waals surface area contributed by atoms with E-state index in [4.69, 9.17) is 0 Å². The van der Waals surface area contributed by atoms with Crippen LogP contribution in [0.15, 0.2) is 53.0 Å². The Morgan fingerprint density at radius 2 is 1.88 bits per heavy atom. The molecule has 0 amide bonds. The number of carboxylic acids is 1. The number of rotatable bonds is 5. The molecule has 3 nitrogen and oxygen atoms in total. The van der Waals surface area contributed by atoms with E-state index in [1.54, 1.807) is 12.1 Å². The number of halogens is 1. The quantitative estimate of drug-likeness (QED) is 0.614. The first-order chi connectivity index (χ1) is 11.6. The zero-order chi connectivity index (χ0) is 17.1. The molecular weight excluding hydrogens is 366 g/mol. The molecule has 0 radical (unpaired) electrons. The van der Waals surface area contributed by atoms with Crippen molar-refractivity contribution >= 4 is 32.8 Å². The normalized spacial score (nSPS) is 10.9. The minimum absolute atomic E-state index is 0.270. The lowest BCUT2D eigenvalue weighted by molar-refractivity contribution is 0.0699. The largest absolute Gasteiger partial charge is 0.478 e. The monoisotopic (exact) mass is 383 g/mol. The highest BCUT2D eigenvalue weighted by atomic mass is 79.9. The molecule has 0 atom stereocenters. The minimum atomic E-state index is -0.943. The van der Waals surface area contributed by atoms with Crippen molar-refractivity contribution in [2.45, 2.75) is 26.2 Å². The molecule has 3 aromatic rings. The number of aryl methyl sites for hydroxylation is 1. The number of aromatic carboxylic acids is 1. The van der Waals surface area contributed by atoms with E-state index in [0.29, 0.717) is 16.6 Å². The maximum atomic E-state index is 11.6. The predicted octanol–water partition coefficient (Wildman–Crippen LogP) is 5.71. The highest BCUT2D eigenvalue weighted by Gasteiger charge is 2.13. The average molecular weight is 384 g/mol. The van der Waals surface area contributed by atoms with Crippen molar-refractivity contribution in [1.29, 1.82) is 0 Å². The van der Waals surface area contributed by atoms with Gasteiger partial charge in [0.25, 0.3) is 0 Å². The molecule has 0 aliphatic carbocycles. The lowest BCUT2D eigenvalue weighted by atomic mass is 10.0. The van der Waals surface area contributed by atoms with E-state index >= 15 is 0 Å². The van der Waals surface area contributed by atoms with Crippen LogP contribution in [-0.4, -0.2) is 16.1 Å². The number of carboxylic acid groups (broad SMARTS) is 1. The summed E-state index contributed by atoms with van der Waals surface area (Å²) in [6, 6.07) is 15.4. The first-order valence-electron chi connectivity index (χ1n) is 8.01. The summed E-state index contributed by atoms with van der Waals surface area (Å²) >= 11 is 3.39. The van der Waals surface area contributed by atoms with Gasteiger partial charge in [-0.2, -0.15) is 0 Å². The summed E-state index contributed by atoms with van der Waals surface area (Å²) in [6.45, 7) is 2.18. The van der Waals surface area contributed by atoms with Gasteiger partial charge in [-0.3, -0.25) is 0 Å². The van der Waals surface area contributed by atoms with Crippen molar-refractivity contribution in [3.63, 3.8) is 0 Å². The molecule has 1 heterocycles. The maximum absolute atomic E-state index is 11.6. The van der Waals surface area contributed by atoms with Gasteiger partial charge in [0.15, 0.2) is 0 Å². The van der Waals surface area contributed by atoms with E-state index in [1.807, 2.05) is 24.3 Å². The predicted molar refractivity (Wildman–Crippen MR) is 100 cm³/mol. The summed E-state index contributed by atoms with van der Waals surface area (Å²) in [7, 11) is 0. The van der Waals surface area contributed by atoms with Gasteiger partial charge in [0.1, 0.15) is 0 Å². The van der Waals surface area contributed by atoms with Gasteiger partial charge in [0.2, 0.25) is 0 Å². The molecule has 0 aliphatic heterocycles. The Morgan fingerprint density at radius 3 is 2.54 bits per heavy atom. The number of unbranched alkanes of at least 4 members (excludes halogenated alkanes) is 1. The lowest BCUT2D eigenvalue weighted by Gasteiger charge is -2.08. The summed E-state index contributed by atoms with van der Waals surface area (Å²) in [6.07, 6.45) is 3.41. The number of carbonyl (C=O) groups is 1. The van der Waals surface area contributed by atoms with Crippen molar-refractivity contribution in [2.75, 3.05) is 0 Å². The van der Waals surface area contributed by atoms with Gasteiger partial charge in [0.05, 0.1) is 16.8 Å². The number of nitrogens with zero attached hydrogens (tertiary/aromatic N) is 1. The fourth-order valence-corrected chi connectivity index (χ4v) is 3.11. The van der Waals surface area contributed by atoms with Gasteiger partial charge in [-0.15, -0.1) is 0 Å². The van der Waals surface area contributed by atoms with Crippen LogP contribution < -0.4 is 0 Å². The molecular formula is C20H18BrNO2. The zero-order valence-corrected chi connectivity index (χ0v) is 15.0. The topological polar surface area (TPSA) is 50.2 Å². The summed E-state index contributed by atoms with van der Waals surface area (Å²) in [5, 5.41) is 10.2. The van der Waals surface area contributed by atoms with E-state index in [9.17, 15) is 9.90 Å².